The Labute approximate surface area is 164 Å². The molecule has 1 aliphatic rings. The number of nitrogens with zero attached hydrogens (tertiary/aromatic N) is 4. The van der Waals surface area contributed by atoms with Crippen LogP contribution in [0.5, 0.6) is 0 Å². The number of hydrogen-bond acceptors (Lipinski definition) is 7. The number of halogens is 1. The van der Waals surface area contributed by atoms with Crippen LogP contribution in [0.25, 0.3) is 11.8 Å². The Morgan fingerprint density at radius 3 is 2.93 bits per heavy atom. The van der Waals surface area contributed by atoms with Crippen LogP contribution in [0.4, 0.5) is 4.39 Å². The van der Waals surface area contributed by atoms with Crippen LogP contribution >= 0.6 is 24.0 Å². The van der Waals surface area contributed by atoms with Crippen LogP contribution < -0.4 is 0 Å². The van der Waals surface area contributed by atoms with E-state index in [1.165, 1.54) is 35.4 Å². The van der Waals surface area contributed by atoms with Crippen molar-refractivity contribution < 1.29 is 18.7 Å². The van der Waals surface area contributed by atoms with E-state index >= 15 is 0 Å². The Morgan fingerprint density at radius 1 is 1.44 bits per heavy atom. The van der Waals surface area contributed by atoms with Crippen LogP contribution in [0, 0.1) is 5.82 Å². The number of benzene rings is 1. The van der Waals surface area contributed by atoms with Crippen LogP contribution in [0.2, 0.25) is 0 Å². The van der Waals surface area contributed by atoms with Crippen molar-refractivity contribution >= 4 is 46.3 Å². The van der Waals surface area contributed by atoms with E-state index in [0.717, 1.165) is 11.8 Å². The molecule has 0 aliphatic carbocycles. The van der Waals surface area contributed by atoms with Gasteiger partial charge < -0.3 is 4.74 Å². The highest BCUT2D eigenvalue weighted by Gasteiger charge is 2.31. The zero-order valence-corrected chi connectivity index (χ0v) is 15.9. The summed E-state index contributed by atoms with van der Waals surface area (Å²) in [4.78, 5) is 29.3. The van der Waals surface area contributed by atoms with Gasteiger partial charge in [-0.2, -0.15) is 5.10 Å². The number of carbonyl (C=O) groups is 2. The van der Waals surface area contributed by atoms with Gasteiger partial charge >= 0.3 is 5.97 Å². The standard InChI is InChI=1S/C17H15FN4O3S2/c1-25-15(23)3-2-6-21-16(24)14(27-17(21)26)8-11-4-5-13(12(18)7-11)22-10-19-9-20-22/h4-5,7-10H,2-3,6H2,1H3. The third-order valence-corrected chi connectivity index (χ3v) is 5.18. The summed E-state index contributed by atoms with van der Waals surface area (Å²) in [5.74, 6) is -1.07. The normalized spacial score (nSPS) is 15.6. The number of thiocarbonyl (C=S) groups is 1. The molecule has 1 aromatic carbocycles. The molecule has 27 heavy (non-hydrogen) atoms. The first kappa shape index (κ1) is 19.2. The number of methoxy groups -OCH3 is 1. The zero-order valence-electron chi connectivity index (χ0n) is 14.3. The molecule has 0 N–H and O–H groups in total. The van der Waals surface area contributed by atoms with Gasteiger partial charge in [0, 0.05) is 13.0 Å². The Bertz CT molecular complexity index is 915. The van der Waals surface area contributed by atoms with Gasteiger partial charge in [0.05, 0.1) is 12.0 Å². The molecule has 1 aromatic heterocycles. The lowest BCUT2D eigenvalue weighted by Crippen LogP contribution is -2.29. The second kappa shape index (κ2) is 8.40. The Morgan fingerprint density at radius 2 is 2.26 bits per heavy atom. The van der Waals surface area contributed by atoms with E-state index in [-0.39, 0.29) is 24.0 Å². The molecule has 3 rings (SSSR count). The first-order valence-electron chi connectivity index (χ1n) is 7.96. The summed E-state index contributed by atoms with van der Waals surface area (Å²) >= 11 is 6.39. The molecule has 0 radical (unpaired) electrons. The monoisotopic (exact) mass is 406 g/mol. The van der Waals surface area contributed by atoms with Crippen LogP contribution in [-0.2, 0) is 14.3 Å². The average molecular weight is 406 g/mol. The van der Waals surface area contributed by atoms with Crippen molar-refractivity contribution in [2.75, 3.05) is 13.7 Å². The summed E-state index contributed by atoms with van der Waals surface area (Å²) in [5.41, 5.74) is 0.798. The van der Waals surface area contributed by atoms with Crippen molar-refractivity contribution in [1.29, 1.82) is 0 Å². The summed E-state index contributed by atoms with van der Waals surface area (Å²) in [5, 5.41) is 3.89. The number of rotatable bonds is 6. The zero-order chi connectivity index (χ0) is 19.4. The Balaban J connectivity index is 1.72. The van der Waals surface area contributed by atoms with Gasteiger partial charge in [-0.15, -0.1) is 0 Å². The molecular weight excluding hydrogens is 391 g/mol. The summed E-state index contributed by atoms with van der Waals surface area (Å²) < 4.78 is 20.6. The molecule has 1 fully saturated rings. The molecule has 1 saturated heterocycles. The fraction of sp³-hybridized carbons (Fsp3) is 0.235. The van der Waals surface area contributed by atoms with E-state index in [4.69, 9.17) is 12.2 Å². The lowest BCUT2D eigenvalue weighted by molar-refractivity contribution is -0.141. The topological polar surface area (TPSA) is 77.3 Å². The second-order valence-electron chi connectivity index (χ2n) is 5.56. The van der Waals surface area contributed by atoms with Gasteiger partial charge in [0.15, 0.2) is 0 Å². The number of carbonyl (C=O) groups excluding carboxylic acids is 2. The number of thioether (sulfide) groups is 1. The third-order valence-electron chi connectivity index (χ3n) is 3.80. The lowest BCUT2D eigenvalue weighted by Gasteiger charge is -2.13. The van der Waals surface area contributed by atoms with Crippen molar-refractivity contribution in [3.63, 3.8) is 0 Å². The highest BCUT2D eigenvalue weighted by molar-refractivity contribution is 8.26. The van der Waals surface area contributed by atoms with E-state index < -0.39 is 5.82 Å². The van der Waals surface area contributed by atoms with E-state index in [1.807, 2.05) is 0 Å². The first-order chi connectivity index (χ1) is 13.0. The third kappa shape index (κ3) is 4.40. The van der Waals surface area contributed by atoms with Crippen molar-refractivity contribution in [3.05, 3.63) is 47.1 Å². The minimum atomic E-state index is -0.484. The SMILES string of the molecule is COC(=O)CCCN1C(=O)C(=Cc2ccc(-n3cncn3)c(F)c2)SC1=S. The van der Waals surface area contributed by atoms with Gasteiger partial charge in [-0.3, -0.25) is 14.5 Å². The lowest BCUT2D eigenvalue weighted by atomic mass is 10.1. The molecule has 140 valence electrons. The highest BCUT2D eigenvalue weighted by Crippen LogP contribution is 2.33. The van der Waals surface area contributed by atoms with Crippen molar-refractivity contribution in [1.82, 2.24) is 19.7 Å². The van der Waals surface area contributed by atoms with Crippen LogP contribution in [0.3, 0.4) is 0 Å². The fourth-order valence-corrected chi connectivity index (χ4v) is 3.77. The fourth-order valence-electron chi connectivity index (χ4n) is 2.46. The molecule has 2 aromatic rings. The average Bonchev–Trinajstić information content (AvgIpc) is 3.26. The van der Waals surface area contributed by atoms with E-state index in [9.17, 15) is 14.0 Å². The molecule has 0 atom stereocenters. The largest absolute Gasteiger partial charge is 0.469 e. The van der Waals surface area contributed by atoms with Gasteiger partial charge in [-0.1, -0.05) is 30.0 Å². The Kier molecular flexibility index (Phi) is 5.97. The second-order valence-corrected chi connectivity index (χ2v) is 7.24. The summed E-state index contributed by atoms with van der Waals surface area (Å²) in [7, 11) is 1.32. The van der Waals surface area contributed by atoms with Crippen LogP contribution in [0.1, 0.15) is 18.4 Å². The van der Waals surface area contributed by atoms with Gasteiger partial charge in [0.25, 0.3) is 5.91 Å². The highest BCUT2D eigenvalue weighted by atomic mass is 32.2. The summed E-state index contributed by atoms with van der Waals surface area (Å²) in [6, 6.07) is 4.57. The molecule has 0 spiro atoms. The smallest absolute Gasteiger partial charge is 0.305 e. The van der Waals surface area contributed by atoms with Gasteiger partial charge in [0.1, 0.15) is 28.5 Å². The minimum absolute atomic E-state index is 0.210. The molecule has 0 bridgehead atoms. The maximum absolute atomic E-state index is 14.3. The quantitative estimate of drug-likeness (QED) is 0.414. The minimum Gasteiger partial charge on any atom is -0.469 e. The Hall–Kier alpha value is -2.59. The molecule has 0 saturated carbocycles. The number of amides is 1. The van der Waals surface area contributed by atoms with E-state index in [1.54, 1.807) is 18.2 Å². The number of esters is 1. The molecule has 7 nitrogen and oxygen atoms in total. The molecule has 2 heterocycles. The number of hydrogen-bond donors (Lipinski definition) is 0. The van der Waals surface area contributed by atoms with E-state index in [0.29, 0.717) is 27.8 Å². The predicted molar refractivity (Wildman–Crippen MR) is 102 cm³/mol. The van der Waals surface area contributed by atoms with Gasteiger partial charge in [-0.05, 0) is 30.2 Å². The summed E-state index contributed by atoms with van der Waals surface area (Å²) in [6.45, 7) is 0.330. The number of aromatic nitrogens is 3. The molecule has 10 heteroatoms. The van der Waals surface area contributed by atoms with Gasteiger partial charge in [0.2, 0.25) is 0 Å². The van der Waals surface area contributed by atoms with Crippen molar-refractivity contribution in [3.8, 4) is 5.69 Å². The maximum atomic E-state index is 14.3. The van der Waals surface area contributed by atoms with Crippen molar-refractivity contribution in [2.24, 2.45) is 0 Å². The van der Waals surface area contributed by atoms with Crippen LogP contribution in [-0.4, -0.2) is 49.5 Å². The van der Waals surface area contributed by atoms with Gasteiger partial charge in [-0.25, -0.2) is 14.1 Å². The molecule has 0 unspecified atom stereocenters. The first-order valence-corrected chi connectivity index (χ1v) is 9.19. The molecular formula is C17H15FN4O3S2. The molecule has 1 amide bonds. The molecule has 1 aliphatic heterocycles. The number of ether oxygens (including phenoxy) is 1. The maximum Gasteiger partial charge on any atom is 0.305 e. The van der Waals surface area contributed by atoms with Crippen molar-refractivity contribution in [2.45, 2.75) is 12.8 Å². The predicted octanol–water partition coefficient (Wildman–Crippen LogP) is 2.56. The van der Waals surface area contributed by atoms with Crippen LogP contribution in [0.15, 0.2) is 35.8 Å². The van der Waals surface area contributed by atoms with E-state index in [2.05, 4.69) is 14.8 Å². The summed E-state index contributed by atoms with van der Waals surface area (Å²) in [6.07, 6.45) is 4.97.